The Labute approximate surface area is 189 Å². The maximum absolute atomic E-state index is 15.1. The van der Waals surface area contributed by atoms with Crippen molar-refractivity contribution < 1.29 is 9.13 Å². The minimum atomic E-state index is -0.441. The van der Waals surface area contributed by atoms with Crippen LogP contribution in [0.3, 0.4) is 0 Å². The molecule has 33 heavy (non-hydrogen) atoms. The third kappa shape index (κ3) is 4.09. The number of fused-ring (bicyclic) bond motifs is 1. The van der Waals surface area contributed by atoms with Gasteiger partial charge in [-0.25, -0.2) is 4.39 Å². The third-order valence-electron chi connectivity index (χ3n) is 6.04. The molecule has 9 nitrogen and oxygen atoms in total. The van der Waals surface area contributed by atoms with Gasteiger partial charge in [0.15, 0.2) is 17.4 Å². The molecule has 1 saturated carbocycles. The van der Waals surface area contributed by atoms with E-state index in [-0.39, 0.29) is 11.8 Å². The van der Waals surface area contributed by atoms with Gasteiger partial charge in [-0.15, -0.1) is 0 Å². The van der Waals surface area contributed by atoms with Gasteiger partial charge in [-0.1, -0.05) is 0 Å². The van der Waals surface area contributed by atoms with Gasteiger partial charge in [0, 0.05) is 66.5 Å². The van der Waals surface area contributed by atoms with Gasteiger partial charge in [0.05, 0.1) is 0 Å². The molecule has 2 aliphatic rings. The Kier molecular flexibility index (Phi) is 4.87. The lowest BCUT2D eigenvalue weighted by atomic mass is 10.2. The molecule has 0 amide bonds. The number of H-pyrrole nitrogens is 2. The Hall–Kier alpha value is -3.66. The fraction of sp³-hybridized carbons (Fsp3) is 0.348. The second kappa shape index (κ2) is 8.04. The second-order valence-electron chi connectivity index (χ2n) is 8.63. The first-order valence-electron chi connectivity index (χ1n) is 11.2. The number of piperazine rings is 1. The maximum atomic E-state index is 15.1. The van der Waals surface area contributed by atoms with Crippen LogP contribution >= 0.6 is 0 Å². The summed E-state index contributed by atoms with van der Waals surface area (Å²) in [5.41, 5.74) is 2.73. The summed E-state index contributed by atoms with van der Waals surface area (Å²) in [6.07, 6.45) is 2.38. The van der Waals surface area contributed by atoms with Crippen molar-refractivity contribution in [3.8, 4) is 11.8 Å². The monoisotopic (exact) mass is 448 g/mol. The molecular formula is C23H25FN8O. The SMILES string of the molecule is Cc1cc2c(F)c(Oc3nc(Nc4cc(C5CC5)[nH]n4)cc(N4CCNCC4)n3)ccc2[nH]1. The molecule has 1 saturated heterocycles. The van der Waals surface area contributed by atoms with E-state index in [0.717, 1.165) is 48.9 Å². The van der Waals surface area contributed by atoms with E-state index < -0.39 is 5.82 Å². The third-order valence-corrected chi connectivity index (χ3v) is 6.04. The molecule has 3 aromatic heterocycles. The molecule has 10 heteroatoms. The number of aromatic amines is 2. The highest BCUT2D eigenvalue weighted by atomic mass is 19.1. The predicted octanol–water partition coefficient (Wildman–Crippen LogP) is 3.95. The van der Waals surface area contributed by atoms with Crippen molar-refractivity contribution in [3.05, 3.63) is 47.5 Å². The van der Waals surface area contributed by atoms with E-state index in [0.29, 0.717) is 22.9 Å². The number of anilines is 3. The number of nitrogens with one attached hydrogen (secondary N) is 4. The van der Waals surface area contributed by atoms with Crippen LogP contribution in [0.5, 0.6) is 11.8 Å². The van der Waals surface area contributed by atoms with Crippen molar-refractivity contribution >= 4 is 28.4 Å². The van der Waals surface area contributed by atoms with Gasteiger partial charge in [-0.3, -0.25) is 5.10 Å². The number of rotatable bonds is 6. The van der Waals surface area contributed by atoms with Crippen LogP contribution in [0.4, 0.5) is 21.8 Å². The molecule has 1 aromatic carbocycles. The van der Waals surface area contributed by atoms with Crippen LogP contribution in [0.15, 0.2) is 30.3 Å². The average molecular weight is 449 g/mol. The van der Waals surface area contributed by atoms with Gasteiger partial charge in [-0.2, -0.15) is 15.1 Å². The van der Waals surface area contributed by atoms with Crippen molar-refractivity contribution in [2.45, 2.75) is 25.7 Å². The molecule has 6 rings (SSSR count). The lowest BCUT2D eigenvalue weighted by Crippen LogP contribution is -2.43. The Balaban J connectivity index is 1.33. The van der Waals surface area contributed by atoms with Crippen LogP contribution in [0.2, 0.25) is 0 Å². The van der Waals surface area contributed by atoms with Gasteiger partial charge in [0.1, 0.15) is 11.6 Å². The van der Waals surface area contributed by atoms with Gasteiger partial charge in [-0.05, 0) is 38.0 Å². The molecule has 0 atom stereocenters. The lowest BCUT2D eigenvalue weighted by Gasteiger charge is -2.28. The Morgan fingerprint density at radius 2 is 1.94 bits per heavy atom. The van der Waals surface area contributed by atoms with Gasteiger partial charge in [0.2, 0.25) is 0 Å². The summed E-state index contributed by atoms with van der Waals surface area (Å²) in [6.45, 7) is 5.25. The first-order valence-corrected chi connectivity index (χ1v) is 11.2. The van der Waals surface area contributed by atoms with E-state index in [9.17, 15) is 0 Å². The first kappa shape index (κ1) is 20.0. The summed E-state index contributed by atoms with van der Waals surface area (Å²) in [5, 5.41) is 14.5. The summed E-state index contributed by atoms with van der Waals surface area (Å²) >= 11 is 0. The van der Waals surface area contributed by atoms with Crippen molar-refractivity contribution in [1.82, 2.24) is 30.5 Å². The number of halogens is 1. The zero-order valence-corrected chi connectivity index (χ0v) is 18.3. The average Bonchev–Trinajstić information content (AvgIpc) is 3.45. The van der Waals surface area contributed by atoms with E-state index in [1.807, 2.05) is 19.1 Å². The first-order chi connectivity index (χ1) is 16.1. The summed E-state index contributed by atoms with van der Waals surface area (Å²) in [5.74, 6) is 2.17. The highest BCUT2D eigenvalue weighted by Gasteiger charge is 2.25. The Morgan fingerprint density at radius 1 is 1.09 bits per heavy atom. The summed E-state index contributed by atoms with van der Waals surface area (Å²) in [7, 11) is 0. The molecule has 1 aliphatic carbocycles. The number of hydrogen-bond donors (Lipinski definition) is 4. The topological polar surface area (TPSA) is 107 Å². The minimum Gasteiger partial charge on any atom is -0.421 e. The number of ether oxygens (including phenoxy) is 1. The second-order valence-corrected chi connectivity index (χ2v) is 8.63. The summed E-state index contributed by atoms with van der Waals surface area (Å²) in [6, 6.07) is 9.11. The normalized spacial score (nSPS) is 16.4. The van der Waals surface area contributed by atoms with Crippen LogP contribution in [0.25, 0.3) is 10.9 Å². The number of hydrogen-bond acceptors (Lipinski definition) is 7. The largest absolute Gasteiger partial charge is 0.421 e. The number of aryl methyl sites for hydroxylation is 1. The van der Waals surface area contributed by atoms with Gasteiger partial charge < -0.3 is 25.3 Å². The van der Waals surface area contributed by atoms with Crippen LogP contribution in [-0.2, 0) is 0 Å². The zero-order chi connectivity index (χ0) is 22.4. The number of benzene rings is 1. The van der Waals surface area contributed by atoms with Crippen LogP contribution < -0.4 is 20.3 Å². The van der Waals surface area contributed by atoms with Crippen LogP contribution in [0.1, 0.15) is 30.1 Å². The van der Waals surface area contributed by atoms with Crippen LogP contribution in [-0.4, -0.2) is 51.3 Å². The van der Waals surface area contributed by atoms with Crippen molar-refractivity contribution in [3.63, 3.8) is 0 Å². The van der Waals surface area contributed by atoms with Gasteiger partial charge >= 0.3 is 6.01 Å². The standard InChI is InChI=1S/C23H25FN8O/c1-13-10-15-16(26-13)4-5-18(22(15)24)33-23-28-19(12-21(29-23)32-8-6-25-7-9-32)27-20-11-17(30-31-20)14-2-3-14/h4-5,10-12,14,25-26H,2-3,6-9H2,1H3,(H2,27,28,29,30,31). The Bertz CT molecular complexity index is 1310. The molecule has 2 fully saturated rings. The minimum absolute atomic E-state index is 0.0805. The smallest absolute Gasteiger partial charge is 0.326 e. The number of aromatic nitrogens is 5. The molecule has 1 aliphatic heterocycles. The van der Waals surface area contributed by atoms with Gasteiger partial charge in [0.25, 0.3) is 0 Å². The van der Waals surface area contributed by atoms with E-state index >= 15 is 4.39 Å². The van der Waals surface area contributed by atoms with Crippen molar-refractivity contribution in [2.24, 2.45) is 0 Å². The summed E-state index contributed by atoms with van der Waals surface area (Å²) in [4.78, 5) is 14.4. The van der Waals surface area contributed by atoms with E-state index in [4.69, 9.17) is 4.74 Å². The van der Waals surface area contributed by atoms with Crippen molar-refractivity contribution in [1.29, 1.82) is 0 Å². The van der Waals surface area contributed by atoms with E-state index in [2.05, 4.69) is 40.7 Å². The quantitative estimate of drug-likeness (QED) is 0.354. The molecule has 4 heterocycles. The predicted molar refractivity (Wildman–Crippen MR) is 124 cm³/mol. The highest BCUT2D eigenvalue weighted by Crippen LogP contribution is 2.39. The molecular weight excluding hydrogens is 423 g/mol. The molecule has 0 radical (unpaired) electrons. The molecule has 170 valence electrons. The molecule has 4 N–H and O–H groups in total. The molecule has 0 spiro atoms. The zero-order valence-electron chi connectivity index (χ0n) is 18.3. The maximum Gasteiger partial charge on any atom is 0.326 e. The summed E-state index contributed by atoms with van der Waals surface area (Å²) < 4.78 is 21.0. The Morgan fingerprint density at radius 3 is 2.76 bits per heavy atom. The number of nitrogens with zero attached hydrogens (tertiary/aromatic N) is 4. The van der Waals surface area contributed by atoms with E-state index in [1.165, 1.54) is 12.8 Å². The van der Waals surface area contributed by atoms with Crippen molar-refractivity contribution in [2.75, 3.05) is 36.4 Å². The molecule has 0 unspecified atom stereocenters. The fourth-order valence-corrected chi connectivity index (χ4v) is 4.18. The highest BCUT2D eigenvalue weighted by molar-refractivity contribution is 5.82. The molecule has 4 aromatic rings. The molecule has 0 bridgehead atoms. The van der Waals surface area contributed by atoms with Crippen LogP contribution in [0, 0.1) is 12.7 Å². The van der Waals surface area contributed by atoms with E-state index in [1.54, 1.807) is 18.2 Å². The lowest BCUT2D eigenvalue weighted by molar-refractivity contribution is 0.414. The fourth-order valence-electron chi connectivity index (χ4n) is 4.18.